The van der Waals surface area contributed by atoms with Gasteiger partial charge in [0.15, 0.2) is 0 Å². The van der Waals surface area contributed by atoms with Crippen molar-refractivity contribution in [1.29, 1.82) is 0 Å². The first-order valence-electron chi connectivity index (χ1n) is 6.98. The second-order valence-corrected chi connectivity index (χ2v) is 7.67. The van der Waals surface area contributed by atoms with Crippen molar-refractivity contribution in [3.63, 3.8) is 0 Å². The first-order valence-corrected chi connectivity index (χ1v) is 8.80. The highest BCUT2D eigenvalue weighted by Gasteiger charge is 2.33. The van der Waals surface area contributed by atoms with Crippen LogP contribution in [0.15, 0.2) is 47.4 Å². The summed E-state index contributed by atoms with van der Waals surface area (Å²) in [6.45, 7) is 1.86. The zero-order valence-electron chi connectivity index (χ0n) is 12.0. The van der Waals surface area contributed by atoms with Gasteiger partial charge >= 0.3 is 0 Å². The van der Waals surface area contributed by atoms with Crippen molar-refractivity contribution in [2.24, 2.45) is 0 Å². The van der Waals surface area contributed by atoms with E-state index in [1.165, 1.54) is 34.6 Å². The van der Waals surface area contributed by atoms with Crippen LogP contribution in [-0.2, 0) is 16.4 Å². The molecule has 0 radical (unpaired) electrons. The van der Waals surface area contributed by atoms with Gasteiger partial charge in [0.05, 0.1) is 10.6 Å². The lowest BCUT2D eigenvalue weighted by atomic mass is 9.99. The predicted molar refractivity (Wildman–Crippen MR) is 85.3 cm³/mol. The summed E-state index contributed by atoms with van der Waals surface area (Å²) in [7, 11) is -3.70. The van der Waals surface area contributed by atoms with Crippen LogP contribution in [-0.4, -0.2) is 14.5 Å². The van der Waals surface area contributed by atoms with Crippen molar-refractivity contribution >= 4 is 27.3 Å². The second-order valence-electron chi connectivity index (χ2n) is 5.42. The van der Waals surface area contributed by atoms with E-state index in [0.29, 0.717) is 23.6 Å². The molecular formula is C16H15ClFNO2S. The summed E-state index contributed by atoms with van der Waals surface area (Å²) in [6.07, 6.45) is 1.32. The Kier molecular flexibility index (Phi) is 3.87. The normalized spacial score (nSPS) is 18.1. The van der Waals surface area contributed by atoms with Crippen LogP contribution in [0.3, 0.4) is 0 Å². The molecule has 0 amide bonds. The van der Waals surface area contributed by atoms with Crippen LogP contribution in [0.4, 0.5) is 10.1 Å². The number of aryl methyl sites for hydroxylation is 1. The molecule has 1 aliphatic rings. The maximum atomic E-state index is 13.4. The van der Waals surface area contributed by atoms with E-state index < -0.39 is 10.0 Å². The molecule has 0 fully saturated rings. The lowest BCUT2D eigenvalue weighted by molar-refractivity contribution is 0.560. The second kappa shape index (κ2) is 5.56. The van der Waals surface area contributed by atoms with E-state index in [-0.39, 0.29) is 16.8 Å². The summed E-state index contributed by atoms with van der Waals surface area (Å²) in [5.74, 6) is -0.350. The average Bonchev–Trinajstić information content (AvgIpc) is 2.47. The number of rotatable bonds is 2. The Morgan fingerprint density at radius 1 is 1.18 bits per heavy atom. The molecule has 0 saturated carbocycles. The Labute approximate surface area is 134 Å². The van der Waals surface area contributed by atoms with Gasteiger partial charge in [0, 0.05) is 11.1 Å². The van der Waals surface area contributed by atoms with Crippen LogP contribution in [0.1, 0.15) is 18.9 Å². The molecule has 1 aliphatic heterocycles. The number of halogens is 2. The van der Waals surface area contributed by atoms with Gasteiger partial charge in [-0.3, -0.25) is 4.31 Å². The van der Waals surface area contributed by atoms with Crippen molar-refractivity contribution in [2.75, 3.05) is 4.31 Å². The Morgan fingerprint density at radius 3 is 2.55 bits per heavy atom. The molecule has 1 atom stereocenters. The Balaban J connectivity index is 2.12. The van der Waals surface area contributed by atoms with Gasteiger partial charge in [-0.2, -0.15) is 0 Å². The third-order valence-electron chi connectivity index (χ3n) is 3.88. The zero-order chi connectivity index (χ0) is 15.9. The topological polar surface area (TPSA) is 37.4 Å². The van der Waals surface area contributed by atoms with Gasteiger partial charge in [-0.15, -0.1) is 0 Å². The molecule has 3 rings (SSSR count). The summed E-state index contributed by atoms with van der Waals surface area (Å²) in [6, 6.07) is 10.1. The molecule has 0 aliphatic carbocycles. The average molecular weight is 340 g/mol. The minimum Gasteiger partial charge on any atom is -0.263 e. The van der Waals surface area contributed by atoms with E-state index in [1.807, 2.05) is 6.92 Å². The third kappa shape index (κ3) is 2.59. The van der Waals surface area contributed by atoms with Gasteiger partial charge < -0.3 is 0 Å². The van der Waals surface area contributed by atoms with E-state index in [1.54, 1.807) is 12.1 Å². The molecule has 2 aromatic rings. The van der Waals surface area contributed by atoms with E-state index in [2.05, 4.69) is 0 Å². The van der Waals surface area contributed by atoms with E-state index in [0.717, 1.165) is 5.56 Å². The smallest absolute Gasteiger partial charge is 0.263 e. The molecule has 2 aromatic carbocycles. The van der Waals surface area contributed by atoms with Crippen molar-refractivity contribution in [3.8, 4) is 0 Å². The number of hydrogen-bond donors (Lipinski definition) is 0. The summed E-state index contributed by atoms with van der Waals surface area (Å²) >= 11 is 5.82. The Hall–Kier alpha value is -1.59. The molecule has 3 nitrogen and oxygen atoms in total. The molecule has 1 unspecified atom stereocenters. The predicted octanol–water partition coefficient (Wildman–Crippen LogP) is 4.01. The highest BCUT2D eigenvalue weighted by molar-refractivity contribution is 7.92. The van der Waals surface area contributed by atoms with Gasteiger partial charge in [0.1, 0.15) is 5.82 Å². The number of hydrogen-bond acceptors (Lipinski definition) is 2. The first kappa shape index (κ1) is 15.3. The van der Waals surface area contributed by atoms with Crippen LogP contribution >= 0.6 is 11.6 Å². The van der Waals surface area contributed by atoms with Crippen molar-refractivity contribution in [2.45, 2.75) is 30.7 Å². The lowest BCUT2D eigenvalue weighted by Gasteiger charge is -2.36. The number of anilines is 1. The number of benzene rings is 2. The highest BCUT2D eigenvalue weighted by Crippen LogP contribution is 2.35. The maximum Gasteiger partial charge on any atom is 0.264 e. The summed E-state index contributed by atoms with van der Waals surface area (Å²) in [5, 5.41) is 0.480. The maximum absolute atomic E-state index is 13.4. The minimum absolute atomic E-state index is 0.181. The molecule has 0 aromatic heterocycles. The van der Waals surface area contributed by atoms with Gasteiger partial charge in [0.2, 0.25) is 0 Å². The van der Waals surface area contributed by atoms with Crippen molar-refractivity contribution < 1.29 is 12.8 Å². The minimum atomic E-state index is -3.70. The number of sulfonamides is 1. The molecular weight excluding hydrogens is 325 g/mol. The van der Waals surface area contributed by atoms with E-state index >= 15 is 0 Å². The molecule has 0 saturated heterocycles. The number of nitrogens with zero attached hydrogens (tertiary/aromatic N) is 1. The quantitative estimate of drug-likeness (QED) is 0.829. The molecule has 22 heavy (non-hydrogen) atoms. The summed E-state index contributed by atoms with van der Waals surface area (Å²) in [4.78, 5) is 0.181. The Morgan fingerprint density at radius 2 is 1.86 bits per heavy atom. The summed E-state index contributed by atoms with van der Waals surface area (Å²) in [5.41, 5.74) is 1.27. The zero-order valence-corrected chi connectivity index (χ0v) is 13.5. The molecule has 0 spiro atoms. The molecule has 0 N–H and O–H groups in total. The van der Waals surface area contributed by atoms with Gasteiger partial charge in [-0.05, 0) is 67.8 Å². The van der Waals surface area contributed by atoms with Crippen molar-refractivity contribution in [3.05, 3.63) is 58.9 Å². The third-order valence-corrected chi connectivity index (χ3v) is 6.08. The van der Waals surface area contributed by atoms with Crippen molar-refractivity contribution in [1.82, 2.24) is 0 Å². The molecule has 116 valence electrons. The van der Waals surface area contributed by atoms with E-state index in [9.17, 15) is 12.8 Å². The molecule has 6 heteroatoms. The fourth-order valence-corrected chi connectivity index (χ4v) is 4.62. The Bertz CT molecular complexity index is 805. The molecule has 0 bridgehead atoms. The van der Waals surface area contributed by atoms with Crippen LogP contribution in [0, 0.1) is 5.82 Å². The van der Waals surface area contributed by atoms with Crippen LogP contribution in [0.25, 0.3) is 0 Å². The number of fused-ring (bicyclic) bond motifs is 1. The van der Waals surface area contributed by atoms with Gasteiger partial charge in [-0.25, -0.2) is 12.8 Å². The highest BCUT2D eigenvalue weighted by atomic mass is 35.5. The summed E-state index contributed by atoms with van der Waals surface area (Å²) < 4.78 is 40.7. The fourth-order valence-electron chi connectivity index (χ4n) is 2.77. The van der Waals surface area contributed by atoms with Crippen LogP contribution < -0.4 is 4.31 Å². The van der Waals surface area contributed by atoms with Crippen LogP contribution in [0.5, 0.6) is 0 Å². The standard InChI is InChI=1S/C16H15ClFNO2S/c1-11-2-3-12-10-14(18)6-9-16(12)19(11)22(20,21)15-7-4-13(17)5-8-15/h4-11H,2-3H2,1H3. The van der Waals surface area contributed by atoms with Gasteiger partial charge in [0.25, 0.3) is 10.0 Å². The SMILES string of the molecule is CC1CCc2cc(F)ccc2N1S(=O)(=O)c1ccc(Cl)cc1. The van der Waals surface area contributed by atoms with E-state index in [4.69, 9.17) is 11.6 Å². The molecule has 1 heterocycles. The first-order chi connectivity index (χ1) is 10.4. The largest absolute Gasteiger partial charge is 0.264 e. The fraction of sp³-hybridized carbons (Fsp3) is 0.250. The monoisotopic (exact) mass is 339 g/mol. The van der Waals surface area contributed by atoms with Crippen LogP contribution in [0.2, 0.25) is 5.02 Å². The lowest BCUT2D eigenvalue weighted by Crippen LogP contribution is -2.42. The van der Waals surface area contributed by atoms with Gasteiger partial charge in [-0.1, -0.05) is 11.6 Å².